The topological polar surface area (TPSA) is 72.0 Å². The van der Waals surface area contributed by atoms with Crippen LogP contribution in [0, 0.1) is 27.7 Å². The highest BCUT2D eigenvalue weighted by molar-refractivity contribution is 9.10. The lowest BCUT2D eigenvalue weighted by Crippen LogP contribution is -2.52. The van der Waals surface area contributed by atoms with Crippen molar-refractivity contribution in [2.24, 2.45) is 0 Å². The molecule has 6 heteroatoms. The summed E-state index contributed by atoms with van der Waals surface area (Å²) in [5, 5.41) is 21.3. The van der Waals surface area contributed by atoms with Gasteiger partial charge >= 0.3 is 0 Å². The van der Waals surface area contributed by atoms with Crippen LogP contribution in [-0.2, 0) is 0 Å². The first-order chi connectivity index (χ1) is 10.3. The second kappa shape index (κ2) is 5.51. The summed E-state index contributed by atoms with van der Waals surface area (Å²) in [4.78, 5) is 6.58. The zero-order chi connectivity index (χ0) is 16.3. The average Bonchev–Trinajstić information content (AvgIpc) is 2.85. The van der Waals surface area contributed by atoms with Gasteiger partial charge in [-0.05, 0) is 70.7 Å². The summed E-state index contributed by atoms with van der Waals surface area (Å²) in [5.74, 6) is -0.562. The predicted octanol–water partition coefficient (Wildman–Crippen LogP) is 3.70. The van der Waals surface area contributed by atoms with Crippen LogP contribution in [0.4, 0.5) is 0 Å². The number of hydrogen-bond donors (Lipinski definition) is 4. The lowest BCUT2D eigenvalue weighted by atomic mass is 9.65. The summed E-state index contributed by atoms with van der Waals surface area (Å²) in [7, 11) is 0. The molecule has 1 saturated carbocycles. The zero-order valence-electron chi connectivity index (χ0n) is 13.0. The Kier molecular flexibility index (Phi) is 4.08. The Hall–Kier alpha value is -0.560. The van der Waals surface area contributed by atoms with E-state index in [-0.39, 0.29) is 11.8 Å². The van der Waals surface area contributed by atoms with Gasteiger partial charge in [0.05, 0.1) is 24.0 Å². The third-order valence-electron chi connectivity index (χ3n) is 4.91. The first-order valence-corrected chi connectivity index (χ1v) is 8.89. The molecule has 4 N–H and O–H groups in total. The maximum atomic E-state index is 10.7. The molecule has 0 saturated heterocycles. The van der Waals surface area contributed by atoms with E-state index in [4.69, 9.17) is 0 Å². The Labute approximate surface area is 146 Å². The first kappa shape index (κ1) is 16.3. The maximum absolute atomic E-state index is 10.7. The number of aliphatic hydroxyl groups excluding tert-OH is 2. The molecule has 22 heavy (non-hydrogen) atoms. The van der Waals surface area contributed by atoms with Gasteiger partial charge in [0.15, 0.2) is 0 Å². The SMILES string of the molecule is Cc1[nH]c(C2C(O)C(c3[nH]c(C)c(Br)c3C)C2O)c(C)c1Br. The van der Waals surface area contributed by atoms with E-state index in [0.717, 1.165) is 42.8 Å². The summed E-state index contributed by atoms with van der Waals surface area (Å²) in [5.41, 5.74) is 5.98. The van der Waals surface area contributed by atoms with Crippen LogP contribution < -0.4 is 0 Å². The van der Waals surface area contributed by atoms with Gasteiger partial charge in [0.2, 0.25) is 0 Å². The molecule has 2 heterocycles. The largest absolute Gasteiger partial charge is 0.392 e. The molecular weight excluding hydrogens is 412 g/mol. The van der Waals surface area contributed by atoms with Crippen molar-refractivity contribution in [1.29, 1.82) is 0 Å². The highest BCUT2D eigenvalue weighted by Crippen LogP contribution is 2.50. The van der Waals surface area contributed by atoms with E-state index in [1.165, 1.54) is 0 Å². The minimum atomic E-state index is -0.609. The Morgan fingerprint density at radius 3 is 1.27 bits per heavy atom. The molecule has 0 amide bonds. The summed E-state index contributed by atoms with van der Waals surface area (Å²) in [6.45, 7) is 7.95. The van der Waals surface area contributed by atoms with Crippen molar-refractivity contribution in [2.45, 2.75) is 51.7 Å². The second-order valence-corrected chi connectivity index (χ2v) is 7.82. The maximum Gasteiger partial charge on any atom is 0.0756 e. The van der Waals surface area contributed by atoms with Gasteiger partial charge in [-0.25, -0.2) is 0 Å². The van der Waals surface area contributed by atoms with Crippen LogP contribution in [0.3, 0.4) is 0 Å². The molecule has 0 unspecified atom stereocenters. The zero-order valence-corrected chi connectivity index (χ0v) is 16.1. The molecule has 1 aliphatic carbocycles. The molecule has 0 radical (unpaired) electrons. The smallest absolute Gasteiger partial charge is 0.0756 e. The number of hydrogen-bond acceptors (Lipinski definition) is 2. The fraction of sp³-hybridized carbons (Fsp3) is 0.500. The van der Waals surface area contributed by atoms with Crippen LogP contribution >= 0.6 is 31.9 Å². The van der Waals surface area contributed by atoms with E-state index in [9.17, 15) is 10.2 Å². The lowest BCUT2D eigenvalue weighted by molar-refractivity contribution is -0.0815. The number of aliphatic hydroxyl groups is 2. The quantitative estimate of drug-likeness (QED) is 0.585. The highest BCUT2D eigenvalue weighted by atomic mass is 79.9. The van der Waals surface area contributed by atoms with Crippen LogP contribution in [0.25, 0.3) is 0 Å². The molecular formula is C16H20Br2N2O2. The molecule has 3 rings (SSSR count). The van der Waals surface area contributed by atoms with E-state index < -0.39 is 12.2 Å². The van der Waals surface area contributed by atoms with E-state index in [0.29, 0.717) is 0 Å². The fourth-order valence-corrected chi connectivity index (χ4v) is 4.18. The number of H-pyrrole nitrogens is 2. The van der Waals surface area contributed by atoms with Crippen molar-refractivity contribution in [3.63, 3.8) is 0 Å². The van der Waals surface area contributed by atoms with Crippen LogP contribution in [0.5, 0.6) is 0 Å². The van der Waals surface area contributed by atoms with Crippen molar-refractivity contribution >= 4 is 31.9 Å². The molecule has 0 aliphatic heterocycles. The van der Waals surface area contributed by atoms with Gasteiger partial charge in [-0.15, -0.1) is 0 Å². The molecule has 4 nitrogen and oxygen atoms in total. The predicted molar refractivity (Wildman–Crippen MR) is 93.4 cm³/mol. The highest BCUT2D eigenvalue weighted by Gasteiger charge is 2.53. The number of aryl methyl sites for hydroxylation is 2. The van der Waals surface area contributed by atoms with Crippen molar-refractivity contribution in [1.82, 2.24) is 9.97 Å². The molecule has 1 fully saturated rings. The minimum Gasteiger partial charge on any atom is -0.392 e. The van der Waals surface area contributed by atoms with Gasteiger partial charge in [0.1, 0.15) is 0 Å². The minimum absolute atomic E-state index is 0.281. The molecule has 0 bridgehead atoms. The number of nitrogens with one attached hydrogen (secondary N) is 2. The van der Waals surface area contributed by atoms with Crippen LogP contribution in [0.15, 0.2) is 8.95 Å². The number of aromatic nitrogens is 2. The lowest BCUT2D eigenvalue weighted by Gasteiger charge is -2.46. The van der Waals surface area contributed by atoms with Gasteiger partial charge in [0, 0.05) is 31.7 Å². The van der Waals surface area contributed by atoms with Gasteiger partial charge < -0.3 is 20.2 Å². The van der Waals surface area contributed by atoms with Crippen molar-refractivity contribution in [3.05, 3.63) is 42.8 Å². The normalized spacial score (nSPS) is 28.0. The second-order valence-electron chi connectivity index (χ2n) is 6.24. The van der Waals surface area contributed by atoms with Crippen molar-refractivity contribution in [3.8, 4) is 0 Å². The summed E-state index contributed by atoms with van der Waals surface area (Å²) < 4.78 is 2.03. The fourth-order valence-electron chi connectivity index (χ4n) is 3.56. The molecule has 0 aromatic carbocycles. The summed E-state index contributed by atoms with van der Waals surface area (Å²) in [6.07, 6.45) is -1.22. The summed E-state index contributed by atoms with van der Waals surface area (Å²) in [6, 6.07) is 0. The van der Waals surface area contributed by atoms with E-state index >= 15 is 0 Å². The Morgan fingerprint density at radius 1 is 0.727 bits per heavy atom. The van der Waals surface area contributed by atoms with E-state index in [2.05, 4.69) is 41.8 Å². The number of halogens is 2. The van der Waals surface area contributed by atoms with Gasteiger partial charge in [0.25, 0.3) is 0 Å². The molecule has 1 aliphatic rings. The van der Waals surface area contributed by atoms with Crippen molar-refractivity contribution < 1.29 is 10.2 Å². The molecule has 0 spiro atoms. The Balaban J connectivity index is 1.94. The molecule has 2 aromatic heterocycles. The molecule has 120 valence electrons. The van der Waals surface area contributed by atoms with Gasteiger partial charge in [-0.3, -0.25) is 0 Å². The van der Waals surface area contributed by atoms with Gasteiger partial charge in [-0.1, -0.05) is 0 Å². The molecule has 2 aromatic rings. The summed E-state index contributed by atoms with van der Waals surface area (Å²) >= 11 is 7.08. The van der Waals surface area contributed by atoms with Crippen LogP contribution in [0.2, 0.25) is 0 Å². The molecule has 0 atom stereocenters. The Morgan fingerprint density at radius 2 is 1.05 bits per heavy atom. The first-order valence-electron chi connectivity index (χ1n) is 7.31. The van der Waals surface area contributed by atoms with Gasteiger partial charge in [-0.2, -0.15) is 0 Å². The van der Waals surface area contributed by atoms with E-state index in [1.54, 1.807) is 0 Å². The number of aromatic amines is 2. The van der Waals surface area contributed by atoms with Crippen molar-refractivity contribution in [2.75, 3.05) is 0 Å². The average molecular weight is 432 g/mol. The third-order valence-corrected chi connectivity index (χ3v) is 7.29. The van der Waals surface area contributed by atoms with Crippen LogP contribution in [0.1, 0.15) is 45.7 Å². The monoisotopic (exact) mass is 430 g/mol. The number of rotatable bonds is 2. The third kappa shape index (κ3) is 2.15. The van der Waals surface area contributed by atoms with E-state index in [1.807, 2.05) is 27.7 Å². The standard InChI is InChI=1S/C16H20Br2N2O2/c1-5-11(17)7(3)19-13(5)9-15(21)10(16(9)22)14-6(2)12(18)8(4)20-14/h9-10,15-16,19-22H,1-4H3. The van der Waals surface area contributed by atoms with Crippen LogP contribution in [-0.4, -0.2) is 32.4 Å². The Bertz CT molecular complexity index is 665.